The van der Waals surface area contributed by atoms with E-state index in [-0.39, 0.29) is 30.2 Å². The first kappa shape index (κ1) is 14.0. The van der Waals surface area contributed by atoms with Crippen LogP contribution < -0.4 is 5.32 Å². The fourth-order valence-corrected chi connectivity index (χ4v) is 2.21. The van der Waals surface area contributed by atoms with Crippen molar-refractivity contribution in [2.45, 2.75) is 20.8 Å². The van der Waals surface area contributed by atoms with Gasteiger partial charge in [0.25, 0.3) is 0 Å². The fourth-order valence-electron chi connectivity index (χ4n) is 2.21. The Labute approximate surface area is 102 Å². The average molecular weight is 242 g/mol. The van der Waals surface area contributed by atoms with E-state index in [1.165, 1.54) is 4.90 Å². The molecule has 0 aromatic carbocycles. The highest BCUT2D eigenvalue weighted by atomic mass is 16.4. The number of hydrogen-bond donors (Lipinski definition) is 2. The molecule has 98 valence electrons. The zero-order chi connectivity index (χ0) is 13.0. The van der Waals surface area contributed by atoms with Crippen LogP contribution in [-0.2, 0) is 9.59 Å². The Hall–Kier alpha value is -1.10. The van der Waals surface area contributed by atoms with Crippen LogP contribution in [0.25, 0.3) is 0 Å². The molecule has 0 aromatic heterocycles. The van der Waals surface area contributed by atoms with Gasteiger partial charge in [-0.3, -0.25) is 9.59 Å². The Morgan fingerprint density at radius 2 is 2.06 bits per heavy atom. The van der Waals surface area contributed by atoms with Crippen molar-refractivity contribution in [3.05, 3.63) is 0 Å². The number of aliphatic carboxylic acids is 1. The van der Waals surface area contributed by atoms with Crippen LogP contribution in [0.5, 0.6) is 0 Å². The molecular weight excluding hydrogens is 220 g/mol. The molecular formula is C12H22N2O3. The van der Waals surface area contributed by atoms with Crippen LogP contribution in [0.4, 0.5) is 0 Å². The number of hydrogen-bond acceptors (Lipinski definition) is 3. The number of amides is 1. The molecule has 1 amide bonds. The SMILES string of the molecule is CC(C)CN(CC(=O)O)C(=O)C1CNCC1C. The fraction of sp³-hybridized carbons (Fsp3) is 0.833. The first-order valence-corrected chi connectivity index (χ1v) is 6.13. The van der Waals surface area contributed by atoms with Crippen LogP contribution in [0, 0.1) is 17.8 Å². The Balaban J connectivity index is 2.67. The summed E-state index contributed by atoms with van der Waals surface area (Å²) in [7, 11) is 0. The first-order valence-electron chi connectivity index (χ1n) is 6.13. The Kier molecular flexibility index (Phi) is 4.93. The lowest BCUT2D eigenvalue weighted by Gasteiger charge is -2.27. The quantitative estimate of drug-likeness (QED) is 0.732. The van der Waals surface area contributed by atoms with Crippen LogP contribution >= 0.6 is 0 Å². The van der Waals surface area contributed by atoms with Crippen molar-refractivity contribution in [2.24, 2.45) is 17.8 Å². The predicted octanol–water partition coefficient (Wildman–Crippen LogP) is 0.411. The molecule has 17 heavy (non-hydrogen) atoms. The molecule has 1 aliphatic heterocycles. The molecule has 0 saturated carbocycles. The second-order valence-electron chi connectivity index (χ2n) is 5.25. The number of nitrogens with one attached hydrogen (secondary N) is 1. The van der Waals surface area contributed by atoms with Gasteiger partial charge >= 0.3 is 5.97 Å². The Morgan fingerprint density at radius 1 is 1.41 bits per heavy atom. The second kappa shape index (κ2) is 6.00. The highest BCUT2D eigenvalue weighted by Crippen LogP contribution is 2.19. The molecule has 0 bridgehead atoms. The van der Waals surface area contributed by atoms with E-state index in [1.807, 2.05) is 20.8 Å². The number of carboxylic acids is 1. The van der Waals surface area contributed by atoms with E-state index < -0.39 is 5.97 Å². The van der Waals surface area contributed by atoms with Gasteiger partial charge in [-0.15, -0.1) is 0 Å². The van der Waals surface area contributed by atoms with Gasteiger partial charge in [-0.2, -0.15) is 0 Å². The first-order chi connectivity index (χ1) is 7.91. The van der Waals surface area contributed by atoms with Crippen molar-refractivity contribution in [2.75, 3.05) is 26.2 Å². The Bertz CT molecular complexity index is 291. The third-order valence-corrected chi connectivity index (χ3v) is 3.06. The number of carboxylic acid groups (broad SMARTS) is 1. The van der Waals surface area contributed by atoms with Crippen LogP contribution in [-0.4, -0.2) is 48.1 Å². The zero-order valence-electron chi connectivity index (χ0n) is 10.8. The number of carbonyl (C=O) groups excluding carboxylic acids is 1. The smallest absolute Gasteiger partial charge is 0.323 e. The van der Waals surface area contributed by atoms with Crippen molar-refractivity contribution >= 4 is 11.9 Å². The van der Waals surface area contributed by atoms with Gasteiger partial charge in [0.1, 0.15) is 6.54 Å². The topological polar surface area (TPSA) is 69.6 Å². The van der Waals surface area contributed by atoms with Crippen LogP contribution in [0.15, 0.2) is 0 Å². The summed E-state index contributed by atoms with van der Waals surface area (Å²) in [6.45, 7) is 7.80. The van der Waals surface area contributed by atoms with Gasteiger partial charge in [-0.1, -0.05) is 20.8 Å². The van der Waals surface area contributed by atoms with Crippen LogP contribution in [0.1, 0.15) is 20.8 Å². The van der Waals surface area contributed by atoms with Crippen LogP contribution in [0.3, 0.4) is 0 Å². The van der Waals surface area contributed by atoms with Crippen molar-refractivity contribution in [3.8, 4) is 0 Å². The van der Waals surface area contributed by atoms with Crippen molar-refractivity contribution in [1.29, 1.82) is 0 Å². The lowest BCUT2D eigenvalue weighted by molar-refractivity contribution is -0.147. The van der Waals surface area contributed by atoms with E-state index in [2.05, 4.69) is 5.32 Å². The van der Waals surface area contributed by atoms with Gasteiger partial charge in [-0.05, 0) is 18.4 Å². The maximum absolute atomic E-state index is 12.2. The molecule has 2 N–H and O–H groups in total. The number of rotatable bonds is 5. The average Bonchev–Trinajstić information content (AvgIpc) is 2.61. The zero-order valence-corrected chi connectivity index (χ0v) is 10.8. The van der Waals surface area contributed by atoms with E-state index >= 15 is 0 Å². The molecule has 1 aliphatic rings. The summed E-state index contributed by atoms with van der Waals surface area (Å²) in [6, 6.07) is 0. The van der Waals surface area contributed by atoms with Crippen molar-refractivity contribution < 1.29 is 14.7 Å². The van der Waals surface area contributed by atoms with Crippen LogP contribution in [0.2, 0.25) is 0 Å². The molecule has 0 aromatic rings. The van der Waals surface area contributed by atoms with Gasteiger partial charge < -0.3 is 15.3 Å². The molecule has 1 heterocycles. The summed E-state index contributed by atoms with van der Waals surface area (Å²) in [5, 5.41) is 12.0. The van der Waals surface area contributed by atoms with Gasteiger partial charge in [0.2, 0.25) is 5.91 Å². The van der Waals surface area contributed by atoms with E-state index in [1.54, 1.807) is 0 Å². The number of nitrogens with zero attached hydrogens (tertiary/aromatic N) is 1. The lowest BCUT2D eigenvalue weighted by atomic mass is 9.96. The van der Waals surface area contributed by atoms with Gasteiger partial charge in [-0.25, -0.2) is 0 Å². The molecule has 5 nitrogen and oxygen atoms in total. The molecule has 1 saturated heterocycles. The molecule has 1 fully saturated rings. The van der Waals surface area contributed by atoms with Gasteiger partial charge in [0.15, 0.2) is 0 Å². The van der Waals surface area contributed by atoms with Gasteiger partial charge in [0, 0.05) is 13.1 Å². The monoisotopic (exact) mass is 242 g/mol. The van der Waals surface area contributed by atoms with E-state index in [9.17, 15) is 9.59 Å². The summed E-state index contributed by atoms with van der Waals surface area (Å²) in [6.07, 6.45) is 0. The minimum atomic E-state index is -0.947. The molecule has 1 rings (SSSR count). The minimum Gasteiger partial charge on any atom is -0.480 e. The Morgan fingerprint density at radius 3 is 2.47 bits per heavy atom. The molecule has 5 heteroatoms. The maximum Gasteiger partial charge on any atom is 0.323 e. The van der Waals surface area contributed by atoms with E-state index in [0.29, 0.717) is 13.1 Å². The summed E-state index contributed by atoms with van der Waals surface area (Å²) in [5.41, 5.74) is 0. The summed E-state index contributed by atoms with van der Waals surface area (Å²) in [5.74, 6) is -0.488. The largest absolute Gasteiger partial charge is 0.480 e. The third kappa shape index (κ3) is 4.00. The molecule has 0 radical (unpaired) electrons. The van der Waals surface area contributed by atoms with Crippen molar-refractivity contribution in [1.82, 2.24) is 10.2 Å². The highest BCUT2D eigenvalue weighted by molar-refractivity contribution is 5.83. The molecule has 2 unspecified atom stereocenters. The summed E-state index contributed by atoms with van der Waals surface area (Å²) in [4.78, 5) is 24.5. The van der Waals surface area contributed by atoms with Crippen molar-refractivity contribution in [3.63, 3.8) is 0 Å². The maximum atomic E-state index is 12.2. The van der Waals surface area contributed by atoms with E-state index in [0.717, 1.165) is 6.54 Å². The second-order valence-corrected chi connectivity index (χ2v) is 5.25. The van der Waals surface area contributed by atoms with Gasteiger partial charge in [0.05, 0.1) is 5.92 Å². The molecule has 0 spiro atoms. The predicted molar refractivity (Wildman–Crippen MR) is 64.6 cm³/mol. The minimum absolute atomic E-state index is 0.0291. The van der Waals surface area contributed by atoms with E-state index in [4.69, 9.17) is 5.11 Å². The summed E-state index contributed by atoms with van der Waals surface area (Å²) < 4.78 is 0. The lowest BCUT2D eigenvalue weighted by Crippen LogP contribution is -2.43. The standard InChI is InChI=1S/C12H22N2O3/c1-8(2)6-14(7-11(15)16)12(17)10-5-13-4-9(10)3/h8-10,13H,4-7H2,1-3H3,(H,15,16). The molecule has 0 aliphatic carbocycles. The third-order valence-electron chi connectivity index (χ3n) is 3.06. The normalized spacial score (nSPS) is 24.0. The summed E-state index contributed by atoms with van der Waals surface area (Å²) >= 11 is 0. The number of carbonyl (C=O) groups is 2. The highest BCUT2D eigenvalue weighted by Gasteiger charge is 2.33. The molecule has 2 atom stereocenters.